The van der Waals surface area contributed by atoms with E-state index in [1.165, 1.54) is 7.11 Å². The van der Waals surface area contributed by atoms with Crippen molar-refractivity contribution in [3.05, 3.63) is 23.3 Å². The molecule has 0 radical (unpaired) electrons. The van der Waals surface area contributed by atoms with E-state index >= 15 is 0 Å². The summed E-state index contributed by atoms with van der Waals surface area (Å²) in [5, 5.41) is 5.08. The maximum absolute atomic E-state index is 11.8. The van der Waals surface area contributed by atoms with E-state index in [-0.39, 0.29) is 18.4 Å². The molecule has 0 spiro atoms. The molecule has 1 aliphatic rings. The summed E-state index contributed by atoms with van der Waals surface area (Å²) in [6, 6.07) is 3.15. The number of anilines is 1. The fourth-order valence-electron chi connectivity index (χ4n) is 1.63. The number of amides is 2. The van der Waals surface area contributed by atoms with Gasteiger partial charge in [-0.05, 0) is 6.07 Å². The number of terminal acetylenes is 1. The molecule has 0 aromatic heterocycles. The van der Waals surface area contributed by atoms with Gasteiger partial charge in [0.15, 0.2) is 0 Å². The molecule has 5 heteroatoms. The molecule has 0 aliphatic carbocycles. The second kappa shape index (κ2) is 4.18. The Kier molecular flexibility index (Phi) is 2.71. The van der Waals surface area contributed by atoms with E-state index in [1.54, 1.807) is 12.1 Å². The molecule has 1 aromatic carbocycles. The fourth-order valence-corrected chi connectivity index (χ4v) is 1.63. The van der Waals surface area contributed by atoms with Crippen LogP contribution < -0.4 is 15.4 Å². The standard InChI is InChI=1S/C12H10N2O3/c1-3-7-4-8(17-2)5-9-11(7)12(16)13-6-10(15)14-9/h1,4-5H,6H2,2H3,(H,13,16)(H,14,15). The summed E-state index contributed by atoms with van der Waals surface area (Å²) in [5.74, 6) is 2.24. The van der Waals surface area contributed by atoms with Crippen LogP contribution in [-0.4, -0.2) is 25.5 Å². The third-order valence-electron chi connectivity index (χ3n) is 2.41. The van der Waals surface area contributed by atoms with Gasteiger partial charge >= 0.3 is 0 Å². The first kappa shape index (κ1) is 11.0. The quantitative estimate of drug-likeness (QED) is 0.684. The predicted molar refractivity (Wildman–Crippen MR) is 61.9 cm³/mol. The summed E-state index contributed by atoms with van der Waals surface area (Å²) in [6.07, 6.45) is 5.35. The number of ether oxygens (including phenoxy) is 1. The van der Waals surface area contributed by atoms with Gasteiger partial charge in [-0.3, -0.25) is 9.59 Å². The molecule has 1 heterocycles. The molecule has 0 bridgehead atoms. The molecular weight excluding hydrogens is 220 g/mol. The summed E-state index contributed by atoms with van der Waals surface area (Å²) in [5.41, 5.74) is 1.05. The normalized spacial score (nSPS) is 13.9. The van der Waals surface area contributed by atoms with E-state index in [2.05, 4.69) is 16.6 Å². The lowest BCUT2D eigenvalue weighted by Crippen LogP contribution is -2.28. The van der Waals surface area contributed by atoms with Gasteiger partial charge in [0.2, 0.25) is 5.91 Å². The summed E-state index contributed by atoms with van der Waals surface area (Å²) in [7, 11) is 1.49. The van der Waals surface area contributed by atoms with Crippen molar-refractivity contribution >= 4 is 17.5 Å². The number of hydrogen-bond acceptors (Lipinski definition) is 3. The molecule has 2 rings (SSSR count). The molecule has 2 N–H and O–H groups in total. The second-order valence-electron chi connectivity index (χ2n) is 3.47. The summed E-state index contributed by atoms with van der Waals surface area (Å²) >= 11 is 0. The van der Waals surface area contributed by atoms with Crippen LogP contribution in [0.15, 0.2) is 12.1 Å². The molecule has 0 saturated carbocycles. The van der Waals surface area contributed by atoms with E-state index in [1.807, 2.05) is 0 Å². The van der Waals surface area contributed by atoms with E-state index in [4.69, 9.17) is 11.2 Å². The zero-order chi connectivity index (χ0) is 12.4. The largest absolute Gasteiger partial charge is 0.497 e. The molecule has 2 amide bonds. The van der Waals surface area contributed by atoms with Crippen molar-refractivity contribution in [1.82, 2.24) is 5.32 Å². The van der Waals surface area contributed by atoms with E-state index in [9.17, 15) is 9.59 Å². The Bertz CT molecular complexity index is 543. The Morgan fingerprint density at radius 2 is 2.18 bits per heavy atom. The van der Waals surface area contributed by atoms with Crippen LogP contribution in [0.3, 0.4) is 0 Å². The van der Waals surface area contributed by atoms with Crippen LogP contribution in [0.2, 0.25) is 0 Å². The molecule has 0 saturated heterocycles. The third kappa shape index (κ3) is 1.93. The van der Waals surface area contributed by atoms with Gasteiger partial charge < -0.3 is 15.4 Å². The minimum Gasteiger partial charge on any atom is -0.497 e. The highest BCUT2D eigenvalue weighted by atomic mass is 16.5. The first-order chi connectivity index (χ1) is 8.15. The van der Waals surface area contributed by atoms with Gasteiger partial charge in [0.25, 0.3) is 5.91 Å². The molecule has 0 fully saturated rings. The highest BCUT2D eigenvalue weighted by Gasteiger charge is 2.22. The summed E-state index contributed by atoms with van der Waals surface area (Å²) < 4.78 is 5.06. The Labute approximate surface area is 98.2 Å². The maximum atomic E-state index is 11.8. The lowest BCUT2D eigenvalue weighted by atomic mass is 10.0. The number of nitrogens with one attached hydrogen (secondary N) is 2. The van der Waals surface area contributed by atoms with Gasteiger partial charge in [0.05, 0.1) is 24.9 Å². The van der Waals surface area contributed by atoms with E-state index in [0.717, 1.165) is 0 Å². The van der Waals surface area contributed by atoms with Gasteiger partial charge in [-0.1, -0.05) is 5.92 Å². The first-order valence-electron chi connectivity index (χ1n) is 4.92. The van der Waals surface area contributed by atoms with Gasteiger partial charge in [0, 0.05) is 11.6 Å². The monoisotopic (exact) mass is 230 g/mol. The lowest BCUT2D eigenvalue weighted by Gasteiger charge is -2.10. The number of fused-ring (bicyclic) bond motifs is 1. The number of hydrogen-bond donors (Lipinski definition) is 2. The molecule has 17 heavy (non-hydrogen) atoms. The number of rotatable bonds is 1. The average molecular weight is 230 g/mol. The van der Waals surface area contributed by atoms with Crippen LogP contribution in [-0.2, 0) is 4.79 Å². The number of benzene rings is 1. The van der Waals surface area contributed by atoms with Crippen LogP contribution in [0.1, 0.15) is 15.9 Å². The maximum Gasteiger partial charge on any atom is 0.255 e. The van der Waals surface area contributed by atoms with Crippen molar-refractivity contribution < 1.29 is 14.3 Å². The van der Waals surface area contributed by atoms with Crippen LogP contribution in [0.4, 0.5) is 5.69 Å². The van der Waals surface area contributed by atoms with Crippen molar-refractivity contribution in [2.75, 3.05) is 19.0 Å². The summed E-state index contributed by atoms with van der Waals surface area (Å²) in [4.78, 5) is 23.2. The van der Waals surface area contributed by atoms with Gasteiger partial charge in [0.1, 0.15) is 5.75 Å². The minimum atomic E-state index is -0.367. The Morgan fingerprint density at radius 1 is 1.41 bits per heavy atom. The Morgan fingerprint density at radius 3 is 2.82 bits per heavy atom. The number of carbonyl (C=O) groups excluding carboxylic acids is 2. The van der Waals surface area contributed by atoms with E-state index in [0.29, 0.717) is 22.6 Å². The smallest absolute Gasteiger partial charge is 0.255 e. The topological polar surface area (TPSA) is 67.4 Å². The van der Waals surface area contributed by atoms with Crippen molar-refractivity contribution in [1.29, 1.82) is 0 Å². The molecule has 1 aromatic rings. The van der Waals surface area contributed by atoms with Crippen LogP contribution in [0.25, 0.3) is 0 Å². The average Bonchev–Trinajstić information content (AvgIpc) is 2.47. The molecular formula is C12H10N2O3. The predicted octanol–water partition coefficient (Wildman–Crippen LogP) is 0.358. The number of carbonyl (C=O) groups is 2. The fraction of sp³-hybridized carbons (Fsp3) is 0.167. The minimum absolute atomic E-state index is 0.0696. The van der Waals surface area contributed by atoms with E-state index < -0.39 is 0 Å². The van der Waals surface area contributed by atoms with Gasteiger partial charge in [-0.2, -0.15) is 0 Å². The first-order valence-corrected chi connectivity index (χ1v) is 4.92. The lowest BCUT2D eigenvalue weighted by molar-refractivity contribution is -0.115. The molecule has 86 valence electrons. The summed E-state index contributed by atoms with van der Waals surface area (Å²) in [6.45, 7) is -0.0696. The molecule has 1 aliphatic heterocycles. The number of methoxy groups -OCH3 is 1. The molecule has 0 atom stereocenters. The molecule has 5 nitrogen and oxygen atoms in total. The second-order valence-corrected chi connectivity index (χ2v) is 3.47. The van der Waals surface area contributed by atoms with Crippen molar-refractivity contribution in [2.24, 2.45) is 0 Å². The van der Waals surface area contributed by atoms with Crippen LogP contribution >= 0.6 is 0 Å². The van der Waals surface area contributed by atoms with Gasteiger partial charge in [-0.25, -0.2) is 0 Å². The van der Waals surface area contributed by atoms with Crippen molar-refractivity contribution in [3.8, 4) is 18.1 Å². The SMILES string of the molecule is C#Cc1cc(OC)cc2c1C(=O)NCC(=O)N2. The Hall–Kier alpha value is -2.48. The Balaban J connectivity index is 2.66. The van der Waals surface area contributed by atoms with Gasteiger partial charge in [-0.15, -0.1) is 6.42 Å². The third-order valence-corrected chi connectivity index (χ3v) is 2.41. The van der Waals surface area contributed by atoms with Crippen molar-refractivity contribution in [2.45, 2.75) is 0 Å². The van der Waals surface area contributed by atoms with Crippen LogP contribution in [0, 0.1) is 12.3 Å². The van der Waals surface area contributed by atoms with Crippen LogP contribution in [0.5, 0.6) is 5.75 Å². The zero-order valence-corrected chi connectivity index (χ0v) is 9.16. The highest BCUT2D eigenvalue weighted by molar-refractivity contribution is 6.10. The molecule has 0 unspecified atom stereocenters. The highest BCUT2D eigenvalue weighted by Crippen LogP contribution is 2.27. The zero-order valence-electron chi connectivity index (χ0n) is 9.16. The van der Waals surface area contributed by atoms with Crippen molar-refractivity contribution in [3.63, 3.8) is 0 Å².